The third kappa shape index (κ3) is 2.25. The molecule has 18 heavy (non-hydrogen) atoms. The van der Waals surface area contributed by atoms with E-state index in [9.17, 15) is 14.3 Å². The summed E-state index contributed by atoms with van der Waals surface area (Å²) in [5.41, 5.74) is 5.64. The summed E-state index contributed by atoms with van der Waals surface area (Å²) in [6.45, 7) is 2.77. The zero-order valence-electron chi connectivity index (χ0n) is 10.0. The van der Waals surface area contributed by atoms with E-state index in [4.69, 9.17) is 5.73 Å². The van der Waals surface area contributed by atoms with Crippen LogP contribution in [0.15, 0.2) is 12.1 Å². The molecule has 3 N–H and O–H groups in total. The Bertz CT molecular complexity index is 481. The summed E-state index contributed by atoms with van der Waals surface area (Å²) in [7, 11) is 0. The van der Waals surface area contributed by atoms with Gasteiger partial charge in [0.25, 0.3) is 0 Å². The summed E-state index contributed by atoms with van der Waals surface area (Å²) < 4.78 is 13.4. The average Bonchev–Trinajstić information content (AvgIpc) is 2.33. The van der Waals surface area contributed by atoms with Gasteiger partial charge in [0.05, 0.1) is 11.4 Å². The van der Waals surface area contributed by atoms with Crippen molar-refractivity contribution in [1.82, 2.24) is 0 Å². The molecule has 1 fully saturated rings. The summed E-state index contributed by atoms with van der Waals surface area (Å²) in [4.78, 5) is 13.2. The van der Waals surface area contributed by atoms with E-state index in [1.165, 1.54) is 12.1 Å². The number of hydrogen-bond donors (Lipinski definition) is 2. The van der Waals surface area contributed by atoms with E-state index in [1.54, 1.807) is 0 Å². The van der Waals surface area contributed by atoms with E-state index in [2.05, 4.69) is 0 Å². The molecule has 98 valence electrons. The van der Waals surface area contributed by atoms with Crippen molar-refractivity contribution >= 4 is 29.1 Å². The van der Waals surface area contributed by atoms with Gasteiger partial charge in [-0.25, -0.2) is 9.18 Å². The normalized spacial score (nSPS) is 19.9. The molecule has 2 rings (SSSR count). The summed E-state index contributed by atoms with van der Waals surface area (Å²) in [5.74, 6) is -0.0144. The highest BCUT2D eigenvalue weighted by molar-refractivity contribution is 7.99. The predicted octanol–water partition coefficient (Wildman–Crippen LogP) is 2.05. The van der Waals surface area contributed by atoms with E-state index >= 15 is 0 Å². The fourth-order valence-electron chi connectivity index (χ4n) is 2.13. The van der Waals surface area contributed by atoms with Crippen molar-refractivity contribution in [3.8, 4) is 0 Å². The maximum atomic E-state index is 13.4. The van der Waals surface area contributed by atoms with Crippen molar-refractivity contribution in [2.24, 2.45) is 0 Å². The van der Waals surface area contributed by atoms with Crippen LogP contribution < -0.4 is 10.6 Å². The molecule has 1 aliphatic heterocycles. The Balaban J connectivity index is 2.49. The van der Waals surface area contributed by atoms with Crippen LogP contribution in [-0.4, -0.2) is 35.2 Å². The molecule has 1 aromatic rings. The molecule has 0 aromatic heterocycles. The van der Waals surface area contributed by atoms with Crippen LogP contribution in [0.1, 0.15) is 17.3 Å². The number of nitrogen functional groups attached to an aromatic ring is 1. The molecule has 0 bridgehead atoms. The minimum Gasteiger partial charge on any atom is -0.478 e. The number of carboxylic acid groups (broad SMARTS) is 1. The van der Waals surface area contributed by atoms with E-state index < -0.39 is 11.8 Å². The van der Waals surface area contributed by atoms with E-state index in [-0.39, 0.29) is 17.3 Å². The number of thioether (sulfide) groups is 1. The van der Waals surface area contributed by atoms with Gasteiger partial charge in [0.15, 0.2) is 0 Å². The molecule has 0 amide bonds. The lowest BCUT2D eigenvalue weighted by atomic mass is 10.1. The average molecular weight is 270 g/mol. The first-order valence-electron chi connectivity index (χ1n) is 5.68. The molecule has 0 radical (unpaired) electrons. The minimum atomic E-state index is -1.19. The van der Waals surface area contributed by atoms with E-state index in [1.807, 2.05) is 23.6 Å². The number of benzene rings is 1. The van der Waals surface area contributed by atoms with Gasteiger partial charge in [-0.15, -0.1) is 0 Å². The molecular weight excluding hydrogens is 255 g/mol. The van der Waals surface area contributed by atoms with Gasteiger partial charge < -0.3 is 15.7 Å². The van der Waals surface area contributed by atoms with Gasteiger partial charge in [0, 0.05) is 24.1 Å². The number of rotatable bonds is 2. The third-order valence-corrected chi connectivity index (χ3v) is 4.25. The lowest BCUT2D eigenvalue weighted by Crippen LogP contribution is -2.41. The van der Waals surface area contributed by atoms with Gasteiger partial charge in [-0.2, -0.15) is 11.8 Å². The SMILES string of the molecule is CC1CSCCN1c1ccc(F)c(N)c1C(=O)O. The van der Waals surface area contributed by atoms with Crippen molar-refractivity contribution in [2.45, 2.75) is 13.0 Å². The molecule has 1 atom stereocenters. The standard InChI is InChI=1S/C12H15FN2O2S/c1-7-6-18-5-4-15(7)9-3-2-8(13)11(14)10(9)12(16)17/h2-3,7H,4-6,14H2,1H3,(H,16,17). The Hall–Kier alpha value is -1.43. The second-order valence-electron chi connectivity index (χ2n) is 4.28. The number of carboxylic acids is 1. The highest BCUT2D eigenvalue weighted by Gasteiger charge is 2.26. The predicted molar refractivity (Wildman–Crippen MR) is 71.9 cm³/mol. The largest absolute Gasteiger partial charge is 0.478 e. The van der Waals surface area contributed by atoms with Gasteiger partial charge in [0.2, 0.25) is 0 Å². The van der Waals surface area contributed by atoms with Crippen LogP contribution in [0.25, 0.3) is 0 Å². The van der Waals surface area contributed by atoms with E-state index in [0.29, 0.717) is 5.69 Å². The Kier molecular flexibility index (Phi) is 3.65. The Morgan fingerprint density at radius 3 is 2.94 bits per heavy atom. The van der Waals surface area contributed by atoms with Gasteiger partial charge >= 0.3 is 5.97 Å². The number of nitrogens with two attached hydrogens (primary N) is 1. The quantitative estimate of drug-likeness (QED) is 0.805. The van der Waals surface area contributed by atoms with Crippen LogP contribution in [0.2, 0.25) is 0 Å². The van der Waals surface area contributed by atoms with Gasteiger partial charge in [-0.3, -0.25) is 0 Å². The maximum Gasteiger partial charge on any atom is 0.340 e. The van der Waals surface area contributed by atoms with Crippen LogP contribution in [-0.2, 0) is 0 Å². The summed E-state index contributed by atoms with van der Waals surface area (Å²) in [6, 6.07) is 2.94. The summed E-state index contributed by atoms with van der Waals surface area (Å²) in [6.07, 6.45) is 0. The van der Waals surface area contributed by atoms with Gasteiger partial charge in [-0.05, 0) is 19.1 Å². The number of nitrogens with zero attached hydrogens (tertiary/aromatic N) is 1. The fourth-order valence-corrected chi connectivity index (χ4v) is 3.15. The van der Waals surface area contributed by atoms with Crippen LogP contribution in [0.5, 0.6) is 0 Å². The molecule has 1 aromatic carbocycles. The summed E-state index contributed by atoms with van der Waals surface area (Å²) in [5, 5.41) is 9.21. The first kappa shape index (κ1) is 13.0. The lowest BCUT2D eigenvalue weighted by Gasteiger charge is -2.36. The Labute approximate surface area is 109 Å². The van der Waals surface area contributed by atoms with Crippen molar-refractivity contribution < 1.29 is 14.3 Å². The molecule has 0 spiro atoms. The Morgan fingerprint density at radius 1 is 1.61 bits per heavy atom. The maximum absolute atomic E-state index is 13.4. The van der Waals surface area contributed by atoms with E-state index in [0.717, 1.165) is 18.1 Å². The minimum absolute atomic E-state index is 0.131. The highest BCUT2D eigenvalue weighted by Crippen LogP contribution is 2.32. The topological polar surface area (TPSA) is 66.6 Å². The van der Waals surface area contributed by atoms with Crippen molar-refractivity contribution in [3.63, 3.8) is 0 Å². The molecule has 4 nitrogen and oxygen atoms in total. The molecular formula is C12H15FN2O2S. The number of anilines is 2. The molecule has 1 unspecified atom stereocenters. The second kappa shape index (κ2) is 5.06. The molecule has 0 saturated carbocycles. The lowest BCUT2D eigenvalue weighted by molar-refractivity contribution is 0.0698. The second-order valence-corrected chi connectivity index (χ2v) is 5.43. The Morgan fingerprint density at radius 2 is 2.33 bits per heavy atom. The van der Waals surface area contributed by atoms with Crippen molar-refractivity contribution in [3.05, 3.63) is 23.5 Å². The number of hydrogen-bond acceptors (Lipinski definition) is 4. The fraction of sp³-hybridized carbons (Fsp3) is 0.417. The molecule has 1 saturated heterocycles. The molecule has 1 heterocycles. The van der Waals surface area contributed by atoms with Crippen LogP contribution in [0.4, 0.5) is 15.8 Å². The van der Waals surface area contributed by atoms with Crippen molar-refractivity contribution in [2.75, 3.05) is 28.7 Å². The third-order valence-electron chi connectivity index (χ3n) is 3.06. The van der Waals surface area contributed by atoms with Gasteiger partial charge in [0.1, 0.15) is 11.4 Å². The monoisotopic (exact) mass is 270 g/mol. The molecule has 1 aliphatic rings. The number of halogens is 1. The number of aromatic carboxylic acids is 1. The van der Waals surface area contributed by atoms with Crippen LogP contribution in [0, 0.1) is 5.82 Å². The first-order valence-corrected chi connectivity index (χ1v) is 6.83. The summed E-state index contributed by atoms with van der Waals surface area (Å²) >= 11 is 1.83. The van der Waals surface area contributed by atoms with Crippen molar-refractivity contribution in [1.29, 1.82) is 0 Å². The molecule has 0 aliphatic carbocycles. The zero-order valence-corrected chi connectivity index (χ0v) is 10.8. The van der Waals surface area contributed by atoms with Crippen LogP contribution >= 0.6 is 11.8 Å². The zero-order chi connectivity index (χ0) is 13.3. The van der Waals surface area contributed by atoms with Crippen LogP contribution in [0.3, 0.4) is 0 Å². The molecule has 6 heteroatoms. The highest BCUT2D eigenvalue weighted by atomic mass is 32.2. The van der Waals surface area contributed by atoms with Gasteiger partial charge in [-0.1, -0.05) is 0 Å². The number of carbonyl (C=O) groups is 1. The first-order chi connectivity index (χ1) is 8.52. The smallest absolute Gasteiger partial charge is 0.340 e.